The van der Waals surface area contributed by atoms with Crippen molar-refractivity contribution in [2.24, 2.45) is 8.80 Å². The summed E-state index contributed by atoms with van der Waals surface area (Å²) in [5.41, 5.74) is 10.3. The number of para-hydroxylation sites is 8. The van der Waals surface area contributed by atoms with Crippen molar-refractivity contribution in [2.45, 2.75) is 0 Å². The average Bonchev–Trinajstić information content (AvgIpc) is 3.47. The molecule has 0 aliphatic carbocycles. The Kier molecular flexibility index (Phi) is 5.64. The van der Waals surface area contributed by atoms with E-state index in [1.165, 1.54) is 0 Å². The molecule has 3 heterocycles. The summed E-state index contributed by atoms with van der Waals surface area (Å²) >= 11 is 0. The van der Waals surface area contributed by atoms with Crippen molar-refractivity contribution >= 4 is 88.6 Å². The van der Waals surface area contributed by atoms with Crippen LogP contribution in [0.25, 0.3) is 21.5 Å². The van der Waals surface area contributed by atoms with E-state index in [1.807, 2.05) is 60.7 Å². The fourth-order valence-corrected chi connectivity index (χ4v) is 8.59. The summed E-state index contributed by atoms with van der Waals surface area (Å²) in [5, 5.41) is 4.04. The third-order valence-corrected chi connectivity index (χ3v) is 10.7. The van der Waals surface area contributed by atoms with Gasteiger partial charge in [-0.05, 0) is 83.6 Å². The van der Waals surface area contributed by atoms with Crippen LogP contribution in [0.2, 0.25) is 0 Å². The molecular formula is C40H28N6O2S. The molecule has 8 nitrogen and oxygen atoms in total. The van der Waals surface area contributed by atoms with Gasteiger partial charge in [0.05, 0.1) is 45.5 Å². The van der Waals surface area contributed by atoms with Gasteiger partial charge in [0.1, 0.15) is 10.7 Å². The van der Waals surface area contributed by atoms with Crippen LogP contribution in [0.5, 0.6) is 0 Å². The van der Waals surface area contributed by atoms with Gasteiger partial charge in [0, 0.05) is 36.2 Å². The minimum atomic E-state index is -4.06. The molecule has 0 bridgehead atoms. The smallest absolute Gasteiger partial charge is 0.341 e. The van der Waals surface area contributed by atoms with Crippen LogP contribution in [0.1, 0.15) is 0 Å². The monoisotopic (exact) mass is 656 g/mol. The maximum Gasteiger partial charge on any atom is 0.364 e. The summed E-state index contributed by atoms with van der Waals surface area (Å²) in [6, 6.07) is 45.7. The van der Waals surface area contributed by atoms with Gasteiger partial charge in [0.15, 0.2) is 0 Å². The molecule has 10 rings (SSSR count). The number of hydrogen-bond acceptors (Lipinski definition) is 6. The topological polar surface area (TPSA) is 71.8 Å². The van der Waals surface area contributed by atoms with Crippen LogP contribution in [0.4, 0.5) is 56.9 Å². The predicted octanol–water partition coefficient (Wildman–Crippen LogP) is 8.59. The van der Waals surface area contributed by atoms with Crippen molar-refractivity contribution in [2.75, 3.05) is 33.7 Å². The lowest BCUT2D eigenvalue weighted by Gasteiger charge is -2.38. The molecule has 7 aromatic carbocycles. The maximum absolute atomic E-state index is 13.1. The number of hydrogen-bond donors (Lipinski definition) is 0. The first kappa shape index (κ1) is 27.9. The van der Waals surface area contributed by atoms with E-state index in [-0.39, 0.29) is 0 Å². The average molecular weight is 657 g/mol. The van der Waals surface area contributed by atoms with E-state index >= 15 is 0 Å². The second-order valence-electron chi connectivity index (χ2n) is 12.5. The molecule has 3 aliphatic heterocycles. The Morgan fingerprint density at radius 1 is 0.408 bits per heavy atom. The van der Waals surface area contributed by atoms with E-state index in [2.05, 4.69) is 115 Å². The quantitative estimate of drug-likeness (QED) is 0.174. The highest BCUT2D eigenvalue weighted by Gasteiger charge is 2.30. The molecule has 0 saturated heterocycles. The number of anilines is 10. The molecule has 0 spiro atoms. The first-order valence-corrected chi connectivity index (χ1v) is 17.5. The van der Waals surface area contributed by atoms with Crippen LogP contribution in [-0.4, -0.2) is 22.5 Å². The number of rotatable bonds is 2. The molecule has 49 heavy (non-hydrogen) atoms. The lowest BCUT2D eigenvalue weighted by Crippen LogP contribution is -2.26. The zero-order valence-corrected chi connectivity index (χ0v) is 27.4. The molecule has 0 fully saturated rings. The molecular weight excluding hydrogens is 629 g/mol. The van der Waals surface area contributed by atoms with Gasteiger partial charge in [-0.1, -0.05) is 60.7 Å². The highest BCUT2D eigenvalue weighted by atomic mass is 32.2. The van der Waals surface area contributed by atoms with Crippen LogP contribution in [0.15, 0.2) is 142 Å². The highest BCUT2D eigenvalue weighted by molar-refractivity contribution is 7.88. The van der Waals surface area contributed by atoms with Crippen molar-refractivity contribution in [3.63, 3.8) is 0 Å². The first-order valence-electron chi connectivity index (χ1n) is 16.1. The van der Waals surface area contributed by atoms with Crippen LogP contribution < -0.4 is 30.3 Å². The van der Waals surface area contributed by atoms with Gasteiger partial charge in [-0.3, -0.25) is 0 Å². The van der Waals surface area contributed by atoms with Crippen LogP contribution in [0, 0.1) is 0 Å². The standard InChI is InChI=1S/C40H28N6O2S/c1-43-31-11-3-7-15-35(31)45(36-16-8-4-12-32(36)43)25-19-21-27-28-22-20-26(24-30(28)40-39(29(27)23-25)41-49(47,48)42-40)46-37-17-9-5-13-33(37)44(2)34-14-6-10-18-38(34)46/h3-24H,1-2H3. The Morgan fingerprint density at radius 2 is 0.714 bits per heavy atom. The largest absolute Gasteiger partial charge is 0.364 e. The minimum Gasteiger partial charge on any atom is -0.341 e. The molecule has 236 valence electrons. The van der Waals surface area contributed by atoms with Crippen molar-refractivity contribution in [1.82, 2.24) is 0 Å². The van der Waals surface area contributed by atoms with Gasteiger partial charge in [-0.2, -0.15) is 8.42 Å². The van der Waals surface area contributed by atoms with Crippen LogP contribution >= 0.6 is 0 Å². The molecule has 0 saturated carbocycles. The summed E-state index contributed by atoms with van der Waals surface area (Å²) in [6.45, 7) is 0. The fraction of sp³-hybridized carbons (Fsp3) is 0.0500. The van der Waals surface area contributed by atoms with E-state index < -0.39 is 10.2 Å². The Bertz CT molecular complexity index is 2540. The molecule has 0 amide bonds. The highest BCUT2D eigenvalue weighted by Crippen LogP contribution is 2.52. The molecule has 0 radical (unpaired) electrons. The van der Waals surface area contributed by atoms with Crippen molar-refractivity contribution in [1.29, 1.82) is 0 Å². The van der Waals surface area contributed by atoms with E-state index in [0.717, 1.165) is 78.4 Å². The maximum atomic E-state index is 13.1. The van der Waals surface area contributed by atoms with Crippen LogP contribution in [0.3, 0.4) is 0 Å². The summed E-state index contributed by atoms with van der Waals surface area (Å²) in [5.74, 6) is 0. The Labute approximate surface area is 282 Å². The number of benzene rings is 7. The van der Waals surface area contributed by atoms with Gasteiger partial charge < -0.3 is 19.6 Å². The summed E-state index contributed by atoms with van der Waals surface area (Å²) in [6.07, 6.45) is 0. The van der Waals surface area contributed by atoms with Crippen molar-refractivity contribution in [3.8, 4) is 0 Å². The van der Waals surface area contributed by atoms with E-state index in [4.69, 9.17) is 0 Å². The molecule has 7 aromatic rings. The Balaban J connectivity index is 1.22. The minimum absolute atomic E-state index is 0.372. The normalized spacial score (nSPS) is 15.2. The van der Waals surface area contributed by atoms with Gasteiger partial charge in [-0.25, -0.2) is 0 Å². The van der Waals surface area contributed by atoms with Gasteiger partial charge >= 0.3 is 10.2 Å². The number of fused-ring (bicyclic) bond motifs is 10. The molecule has 0 aromatic heterocycles. The van der Waals surface area contributed by atoms with E-state index in [0.29, 0.717) is 10.7 Å². The second kappa shape index (κ2) is 9.91. The van der Waals surface area contributed by atoms with Crippen molar-refractivity contribution in [3.05, 3.63) is 144 Å². The van der Waals surface area contributed by atoms with E-state index in [1.54, 1.807) is 0 Å². The molecule has 3 aliphatic rings. The van der Waals surface area contributed by atoms with Gasteiger partial charge in [0.2, 0.25) is 0 Å². The lowest BCUT2D eigenvalue weighted by molar-refractivity contribution is 0.599. The first-order chi connectivity index (χ1) is 23.9. The lowest BCUT2D eigenvalue weighted by atomic mass is 9.97. The Hall–Kier alpha value is -6.19. The van der Waals surface area contributed by atoms with Crippen LogP contribution in [-0.2, 0) is 10.2 Å². The SMILES string of the molecule is CN1c2ccccc2N(c2ccc3c(c2)c2c(c4cc(N5c6ccccc6N(C)c6ccccc65)ccc43)=NS(=O)(=O)N=2)c2ccccc21. The Morgan fingerprint density at radius 3 is 1.04 bits per heavy atom. The van der Waals surface area contributed by atoms with E-state index in [9.17, 15) is 8.42 Å². The summed E-state index contributed by atoms with van der Waals surface area (Å²) in [4.78, 5) is 8.85. The predicted molar refractivity (Wildman–Crippen MR) is 198 cm³/mol. The molecule has 0 unspecified atom stereocenters. The zero-order chi connectivity index (χ0) is 33.0. The third kappa shape index (κ3) is 3.93. The van der Waals surface area contributed by atoms with Crippen molar-refractivity contribution < 1.29 is 8.42 Å². The fourth-order valence-electron chi connectivity index (χ4n) is 7.72. The zero-order valence-electron chi connectivity index (χ0n) is 26.6. The molecule has 0 atom stereocenters. The summed E-state index contributed by atoms with van der Waals surface area (Å²) in [7, 11) is 0.0898. The molecule has 9 heteroatoms. The second-order valence-corrected chi connectivity index (χ2v) is 13.8. The number of nitrogens with zero attached hydrogens (tertiary/aromatic N) is 6. The van der Waals surface area contributed by atoms with Gasteiger partial charge in [-0.15, -0.1) is 8.80 Å². The van der Waals surface area contributed by atoms with Gasteiger partial charge in [0.25, 0.3) is 0 Å². The third-order valence-electron chi connectivity index (χ3n) is 9.90. The summed E-state index contributed by atoms with van der Waals surface area (Å²) < 4.78 is 34.7. The molecule has 0 N–H and O–H groups in total.